The number of piperidine rings is 2. The molecule has 16 aliphatic rings. The molecule has 2 N–H and O–H groups in total. The van der Waals surface area contributed by atoms with Crippen LogP contribution in [0.1, 0.15) is 85.0 Å². The van der Waals surface area contributed by atoms with E-state index >= 15 is 0 Å². The van der Waals surface area contributed by atoms with Gasteiger partial charge in [0.05, 0.1) is 0 Å². The summed E-state index contributed by atoms with van der Waals surface area (Å²) in [5.74, 6) is 5.10. The van der Waals surface area contributed by atoms with E-state index in [1.807, 2.05) is 0 Å². The molecular weight excluding hydrogens is 578 g/mol. The molecule has 4 bridgehead atoms. The van der Waals surface area contributed by atoms with Gasteiger partial charge in [-0.1, -0.05) is 0 Å². The van der Waals surface area contributed by atoms with Crippen LogP contribution in [0.5, 0.6) is 0 Å². The van der Waals surface area contributed by atoms with Crippen molar-refractivity contribution in [3.05, 3.63) is 0 Å². The quantitative estimate of drug-likeness (QED) is 0.234. The molecule has 0 radical (unpaired) electrons. The third kappa shape index (κ3) is 0.626. The fourth-order valence-electron chi connectivity index (χ4n) is 28.7. The zero-order chi connectivity index (χ0) is 27.1. The minimum absolute atomic E-state index is 0.412. The summed E-state index contributed by atoms with van der Waals surface area (Å²) in [5, 5.41) is 9.16. The van der Waals surface area contributed by atoms with Crippen LogP contribution in [0.25, 0.3) is 0 Å². The maximum absolute atomic E-state index is 4.12. The molecule has 1 spiro atoms. The number of fused-ring (bicyclic) bond motifs is 10. The fourth-order valence-corrected chi connectivity index (χ4v) is 114. The van der Waals surface area contributed by atoms with Gasteiger partial charge in [0.15, 0.2) is 0 Å². The molecular formula is C36H56FeN2P2. The molecule has 16 rings (SSSR count). The summed E-state index contributed by atoms with van der Waals surface area (Å²) in [7, 11) is 8.16. The van der Waals surface area contributed by atoms with Crippen molar-refractivity contribution in [1.29, 1.82) is 0 Å². The third-order valence-corrected chi connectivity index (χ3v) is 73.0. The predicted octanol–water partition coefficient (Wildman–Crippen LogP) is 8.61. The number of hydrogen-bond donors (Lipinski definition) is 2. The van der Waals surface area contributed by atoms with Crippen LogP contribution in [0.15, 0.2) is 0 Å². The van der Waals surface area contributed by atoms with Crippen molar-refractivity contribution in [2.75, 3.05) is 26.2 Å². The van der Waals surface area contributed by atoms with Crippen molar-refractivity contribution in [3.8, 4) is 0 Å². The summed E-state index contributed by atoms with van der Waals surface area (Å²) in [4.78, 5) is 11.1. The Kier molecular flexibility index (Phi) is 1.98. The maximum atomic E-state index is 4.12. The van der Waals surface area contributed by atoms with Gasteiger partial charge < -0.3 is 0 Å². The van der Waals surface area contributed by atoms with Gasteiger partial charge in [-0.05, 0) is 0 Å². The van der Waals surface area contributed by atoms with E-state index in [0.29, 0.717) is 21.1 Å². The number of nitrogens with one attached hydrogen (secondary N) is 2. The Labute approximate surface area is 243 Å². The van der Waals surface area contributed by atoms with Gasteiger partial charge >= 0.3 is 245 Å². The second kappa shape index (κ2) is 3.56. The molecule has 12 aliphatic heterocycles. The van der Waals surface area contributed by atoms with Crippen LogP contribution >= 0.6 is 18.5 Å². The molecule has 10 unspecified atom stereocenters. The summed E-state index contributed by atoms with van der Waals surface area (Å²) in [6.45, 7) is 9.85. The SMILES string of the molecule is CC(C)(C)C(P)(C12CC3CC(CC(C3)C1)C2)[C]12[CH]3[CH]4[CH]5[C]1(C(P)(C1CCCNC1)C1CCCNC1)[Fe]45321678[CH]2[CH]1[CH]6[CH]7[CH]28. The van der Waals surface area contributed by atoms with Crippen LogP contribution in [-0.4, -0.2) is 36.5 Å². The molecule has 0 aromatic carbocycles. The van der Waals surface area contributed by atoms with Crippen LogP contribution in [0.4, 0.5) is 0 Å². The molecule has 0 amide bonds. The van der Waals surface area contributed by atoms with E-state index in [4.69, 9.17) is 0 Å². The third-order valence-electron chi connectivity index (χ3n) is 26.1. The molecule has 10 atom stereocenters. The van der Waals surface area contributed by atoms with Gasteiger partial charge in [-0.2, -0.15) is 0 Å². The van der Waals surface area contributed by atoms with E-state index in [1.54, 1.807) is 38.5 Å². The second-order valence-corrected chi connectivity index (χ2v) is 48.1. The standard InChI is InChI=1S/C31H51N2P2.C5H5.Fe/c1-28(2,3)31(35,29-16-21-13-22(17-29)15-23(14-21)18-29)27-10-4-9-26(27)30(34,24-7-5-11-32-19-24)25-8-6-12-33-20-25;1-2-4-5-3-1;/h4,9-10,21-25,32-33H,5-8,11-20,34-35H2,1-3H3;1-5H;. The Bertz CT molecular complexity index is 1710. The summed E-state index contributed by atoms with van der Waals surface area (Å²) in [6, 6.07) is 0. The van der Waals surface area contributed by atoms with E-state index in [0.717, 1.165) is 38.2 Å². The van der Waals surface area contributed by atoms with Crippen LogP contribution < -0.4 is 10.6 Å². The van der Waals surface area contributed by atoms with Crippen LogP contribution in [0.2, 0.25) is 47.2 Å². The molecule has 41 heavy (non-hydrogen) atoms. The van der Waals surface area contributed by atoms with Crippen LogP contribution in [-0.2, 0) is 6.51 Å². The van der Waals surface area contributed by atoms with Crippen molar-refractivity contribution in [3.63, 3.8) is 0 Å². The first-order chi connectivity index (χ1) is 19.4. The van der Waals surface area contributed by atoms with Crippen molar-refractivity contribution >= 4 is 18.5 Å². The number of rotatable bonds is 5. The second-order valence-electron chi connectivity index (χ2n) is 23.0. The van der Waals surface area contributed by atoms with Crippen molar-refractivity contribution in [1.82, 2.24) is 10.6 Å². The Balaban J connectivity index is 1.07. The van der Waals surface area contributed by atoms with E-state index < -0.39 is 6.51 Å². The molecule has 2 nitrogen and oxygen atoms in total. The molecule has 4 aliphatic carbocycles. The van der Waals surface area contributed by atoms with Crippen LogP contribution in [0, 0.1) is 40.4 Å². The van der Waals surface area contributed by atoms with E-state index in [1.165, 1.54) is 90.4 Å². The van der Waals surface area contributed by atoms with Gasteiger partial charge in [-0.25, -0.2) is 0 Å². The molecule has 5 heteroatoms. The zero-order valence-electron chi connectivity index (χ0n) is 25.9. The van der Waals surface area contributed by atoms with Gasteiger partial charge in [-0.15, -0.1) is 0 Å². The number of hydrogen-bond acceptors (Lipinski definition) is 2. The summed E-state index contributed by atoms with van der Waals surface area (Å²) < 4.78 is 1.71. The normalized spacial score (nSPS) is 83.4. The Hall–Kier alpha value is 1.30. The predicted molar refractivity (Wildman–Crippen MR) is 172 cm³/mol. The molecule has 0 aromatic rings. The Morgan fingerprint density at radius 2 is 1.12 bits per heavy atom. The van der Waals surface area contributed by atoms with Crippen molar-refractivity contribution < 1.29 is 6.51 Å². The average molecular weight is 635 g/mol. The Morgan fingerprint density at radius 1 is 0.659 bits per heavy atom. The summed E-state index contributed by atoms with van der Waals surface area (Å²) in [5.41, 5.74) is 1.06. The molecule has 4 saturated carbocycles. The van der Waals surface area contributed by atoms with Gasteiger partial charge in [0, 0.05) is 0 Å². The summed E-state index contributed by atoms with van der Waals surface area (Å²) >= 11 is 0. The fraction of sp³-hybridized carbons (Fsp3) is 1.00. The van der Waals surface area contributed by atoms with E-state index in [2.05, 4.69) is 49.9 Å². The van der Waals surface area contributed by atoms with Crippen molar-refractivity contribution in [2.24, 2.45) is 40.4 Å². The molecule has 12 saturated heterocycles. The first-order valence-electron chi connectivity index (χ1n) is 18.6. The molecule has 228 valence electrons. The van der Waals surface area contributed by atoms with E-state index in [9.17, 15) is 0 Å². The average Bonchev–Trinajstić information content (AvgIpc) is 3.90. The zero-order valence-corrected chi connectivity index (χ0v) is 29.3. The first kappa shape index (κ1) is 22.8. The van der Waals surface area contributed by atoms with Gasteiger partial charge in [0.25, 0.3) is 0 Å². The van der Waals surface area contributed by atoms with E-state index in [-0.39, 0.29) is 0 Å². The monoisotopic (exact) mass is 634 g/mol. The molecule has 0 aromatic heterocycles. The molecule has 12 heterocycles. The van der Waals surface area contributed by atoms with Crippen LogP contribution in [0.3, 0.4) is 0 Å². The topological polar surface area (TPSA) is 24.1 Å². The minimum atomic E-state index is -3.89. The van der Waals surface area contributed by atoms with Gasteiger partial charge in [-0.3, -0.25) is 0 Å². The molecule has 16 fully saturated rings. The summed E-state index contributed by atoms with van der Waals surface area (Å²) in [6.07, 6.45) is 15.7. The van der Waals surface area contributed by atoms with Gasteiger partial charge in [0.1, 0.15) is 0 Å². The van der Waals surface area contributed by atoms with Gasteiger partial charge in [0.2, 0.25) is 0 Å². The van der Waals surface area contributed by atoms with Crippen molar-refractivity contribution in [2.45, 2.75) is 142 Å². The first-order valence-corrected chi connectivity index (χ1v) is 25.9. The Morgan fingerprint density at radius 3 is 1.49 bits per heavy atom.